The summed E-state index contributed by atoms with van der Waals surface area (Å²) in [6.07, 6.45) is 2.71. The van der Waals surface area contributed by atoms with Crippen LogP contribution in [0.4, 0.5) is 4.39 Å². The van der Waals surface area contributed by atoms with Crippen LogP contribution in [0.1, 0.15) is 35.2 Å². The minimum atomic E-state index is -0.352. The summed E-state index contributed by atoms with van der Waals surface area (Å²) in [6, 6.07) is 4.40. The second kappa shape index (κ2) is 4.34. The first-order valence-electron chi connectivity index (χ1n) is 5.65. The van der Waals surface area contributed by atoms with E-state index in [1.165, 1.54) is 12.1 Å². The smallest absolute Gasteiger partial charge is 0.167 e. The molecule has 1 fully saturated rings. The molecule has 0 aliphatic heterocycles. The van der Waals surface area contributed by atoms with Crippen LogP contribution in [0, 0.1) is 18.7 Å². The summed E-state index contributed by atoms with van der Waals surface area (Å²) < 4.78 is 13.2. The maximum Gasteiger partial charge on any atom is 0.167 e. The molecular weight excluding hydrogens is 205 g/mol. The third kappa shape index (κ3) is 2.14. The zero-order valence-corrected chi connectivity index (χ0v) is 9.37. The van der Waals surface area contributed by atoms with E-state index >= 15 is 0 Å². The molecule has 0 bridgehead atoms. The Morgan fingerprint density at radius 3 is 2.69 bits per heavy atom. The van der Waals surface area contributed by atoms with E-state index in [1.54, 1.807) is 13.0 Å². The van der Waals surface area contributed by atoms with E-state index in [0.717, 1.165) is 24.8 Å². The van der Waals surface area contributed by atoms with Crippen LogP contribution in [-0.4, -0.2) is 11.8 Å². The highest BCUT2D eigenvalue weighted by Gasteiger charge is 2.30. The highest BCUT2D eigenvalue weighted by Crippen LogP contribution is 2.27. The van der Waals surface area contributed by atoms with Gasteiger partial charge in [0.1, 0.15) is 5.82 Å². The Morgan fingerprint density at radius 2 is 2.12 bits per heavy atom. The van der Waals surface area contributed by atoms with E-state index in [-0.39, 0.29) is 23.6 Å². The van der Waals surface area contributed by atoms with Crippen LogP contribution in [0.25, 0.3) is 0 Å². The predicted octanol–water partition coefficient (Wildman–Crippen LogP) is 2.44. The summed E-state index contributed by atoms with van der Waals surface area (Å²) in [7, 11) is 0. The van der Waals surface area contributed by atoms with Gasteiger partial charge in [-0.3, -0.25) is 4.79 Å². The number of carbonyl (C=O) groups excluding carboxylic acids is 1. The van der Waals surface area contributed by atoms with Gasteiger partial charge in [0.2, 0.25) is 0 Å². The van der Waals surface area contributed by atoms with Gasteiger partial charge in [-0.05, 0) is 43.5 Å². The van der Waals surface area contributed by atoms with Gasteiger partial charge in [0.25, 0.3) is 0 Å². The Balaban J connectivity index is 2.26. The highest BCUT2D eigenvalue weighted by molar-refractivity contribution is 5.98. The largest absolute Gasteiger partial charge is 0.327 e. The molecule has 3 heteroatoms. The number of aryl methyl sites for hydroxylation is 1. The zero-order chi connectivity index (χ0) is 11.7. The van der Waals surface area contributed by atoms with Gasteiger partial charge in [0.15, 0.2) is 5.78 Å². The lowest BCUT2D eigenvalue weighted by Gasteiger charge is -2.14. The van der Waals surface area contributed by atoms with Crippen molar-refractivity contribution < 1.29 is 9.18 Å². The molecule has 1 aliphatic rings. The average Bonchev–Trinajstić information content (AvgIpc) is 2.62. The molecule has 2 N–H and O–H groups in total. The third-order valence-corrected chi connectivity index (χ3v) is 3.23. The second-order valence-corrected chi connectivity index (χ2v) is 4.58. The lowest BCUT2D eigenvalue weighted by Crippen LogP contribution is -2.30. The maximum absolute atomic E-state index is 13.2. The zero-order valence-electron chi connectivity index (χ0n) is 9.37. The third-order valence-electron chi connectivity index (χ3n) is 3.23. The Morgan fingerprint density at radius 1 is 1.38 bits per heavy atom. The van der Waals surface area contributed by atoms with Crippen LogP contribution in [0.2, 0.25) is 0 Å². The Labute approximate surface area is 94.6 Å². The standard InChI is InChI=1S/C13H16FNO/c1-8-5-9(7-10(14)6-8)13(16)11-3-2-4-12(11)15/h5-7,11-12H,2-4,15H2,1H3. The fraction of sp³-hybridized carbons (Fsp3) is 0.462. The van der Waals surface area contributed by atoms with Gasteiger partial charge in [0, 0.05) is 17.5 Å². The van der Waals surface area contributed by atoms with Crippen LogP contribution in [0.5, 0.6) is 0 Å². The van der Waals surface area contributed by atoms with Crippen LogP contribution in [0.3, 0.4) is 0 Å². The molecule has 2 rings (SSSR count). The molecule has 1 saturated carbocycles. The minimum Gasteiger partial charge on any atom is -0.327 e. The molecule has 1 aromatic carbocycles. The van der Waals surface area contributed by atoms with Gasteiger partial charge < -0.3 is 5.73 Å². The Kier molecular flexibility index (Phi) is 3.06. The fourth-order valence-electron chi connectivity index (χ4n) is 2.41. The molecule has 86 valence electrons. The molecule has 1 aromatic rings. The number of hydrogen-bond acceptors (Lipinski definition) is 2. The van der Waals surface area contributed by atoms with Crippen molar-refractivity contribution >= 4 is 5.78 Å². The van der Waals surface area contributed by atoms with Crippen LogP contribution in [-0.2, 0) is 0 Å². The summed E-state index contributed by atoms with van der Waals surface area (Å²) in [6.45, 7) is 1.79. The lowest BCUT2D eigenvalue weighted by atomic mass is 9.93. The molecule has 0 radical (unpaired) electrons. The van der Waals surface area contributed by atoms with Crippen molar-refractivity contribution in [3.63, 3.8) is 0 Å². The summed E-state index contributed by atoms with van der Waals surface area (Å²) in [5.41, 5.74) is 7.11. The van der Waals surface area contributed by atoms with Crippen molar-refractivity contribution in [3.05, 3.63) is 35.1 Å². The Hall–Kier alpha value is -1.22. The molecule has 2 nitrogen and oxygen atoms in total. The first-order chi connectivity index (χ1) is 7.58. The maximum atomic E-state index is 13.2. The van der Waals surface area contributed by atoms with Gasteiger partial charge >= 0.3 is 0 Å². The summed E-state index contributed by atoms with van der Waals surface area (Å²) in [5.74, 6) is -0.483. The number of carbonyl (C=O) groups is 1. The lowest BCUT2D eigenvalue weighted by molar-refractivity contribution is 0.0913. The SMILES string of the molecule is Cc1cc(F)cc(C(=O)C2CCCC2N)c1. The first-order valence-corrected chi connectivity index (χ1v) is 5.65. The molecule has 16 heavy (non-hydrogen) atoms. The van der Waals surface area contributed by atoms with E-state index in [1.807, 2.05) is 0 Å². The molecule has 0 amide bonds. The first kappa shape index (κ1) is 11.3. The normalized spacial score (nSPS) is 24.7. The Bertz CT molecular complexity index is 396. The van der Waals surface area contributed by atoms with Crippen LogP contribution >= 0.6 is 0 Å². The number of Topliss-reactive ketones (excluding diaryl/α,β-unsaturated/α-hetero) is 1. The molecule has 2 unspecified atom stereocenters. The number of rotatable bonds is 2. The predicted molar refractivity (Wildman–Crippen MR) is 60.8 cm³/mol. The molecule has 2 atom stereocenters. The van der Waals surface area contributed by atoms with Crippen LogP contribution in [0.15, 0.2) is 18.2 Å². The highest BCUT2D eigenvalue weighted by atomic mass is 19.1. The molecule has 0 saturated heterocycles. The van der Waals surface area contributed by atoms with Gasteiger partial charge in [-0.2, -0.15) is 0 Å². The monoisotopic (exact) mass is 221 g/mol. The van der Waals surface area contributed by atoms with E-state index < -0.39 is 0 Å². The molecule has 0 spiro atoms. The van der Waals surface area contributed by atoms with Gasteiger partial charge in [-0.1, -0.05) is 6.42 Å². The van der Waals surface area contributed by atoms with Crippen molar-refractivity contribution in [1.82, 2.24) is 0 Å². The second-order valence-electron chi connectivity index (χ2n) is 4.58. The van der Waals surface area contributed by atoms with Crippen molar-refractivity contribution in [2.45, 2.75) is 32.2 Å². The van der Waals surface area contributed by atoms with Crippen molar-refractivity contribution in [2.75, 3.05) is 0 Å². The summed E-state index contributed by atoms with van der Waals surface area (Å²) in [4.78, 5) is 12.1. The van der Waals surface area contributed by atoms with Gasteiger partial charge in [-0.25, -0.2) is 4.39 Å². The van der Waals surface area contributed by atoms with Crippen LogP contribution < -0.4 is 5.73 Å². The van der Waals surface area contributed by atoms with Crippen molar-refractivity contribution in [3.8, 4) is 0 Å². The molecule has 0 aromatic heterocycles. The summed E-state index contributed by atoms with van der Waals surface area (Å²) >= 11 is 0. The minimum absolute atomic E-state index is 0.00685. The topological polar surface area (TPSA) is 43.1 Å². The number of benzene rings is 1. The number of nitrogens with two attached hydrogens (primary N) is 1. The van der Waals surface area contributed by atoms with Gasteiger partial charge in [0.05, 0.1) is 0 Å². The molecule has 1 aliphatic carbocycles. The molecule has 0 heterocycles. The average molecular weight is 221 g/mol. The van der Waals surface area contributed by atoms with E-state index in [0.29, 0.717) is 5.56 Å². The number of ketones is 1. The van der Waals surface area contributed by atoms with Crippen molar-refractivity contribution in [1.29, 1.82) is 0 Å². The van der Waals surface area contributed by atoms with Crippen molar-refractivity contribution in [2.24, 2.45) is 11.7 Å². The van der Waals surface area contributed by atoms with E-state index in [4.69, 9.17) is 5.73 Å². The molecular formula is C13H16FNO. The quantitative estimate of drug-likeness (QED) is 0.779. The number of halogens is 1. The fourth-order valence-corrected chi connectivity index (χ4v) is 2.41. The van der Waals surface area contributed by atoms with Gasteiger partial charge in [-0.15, -0.1) is 0 Å². The van der Waals surface area contributed by atoms with E-state index in [9.17, 15) is 9.18 Å². The van der Waals surface area contributed by atoms with E-state index in [2.05, 4.69) is 0 Å². The summed E-state index contributed by atoms with van der Waals surface area (Å²) in [5, 5.41) is 0. The number of hydrogen-bond donors (Lipinski definition) is 1.